The third-order valence-corrected chi connectivity index (χ3v) is 3.68. The Morgan fingerprint density at radius 1 is 1.18 bits per heavy atom. The van der Waals surface area contributed by atoms with E-state index in [4.69, 9.17) is 0 Å². The Kier molecular flexibility index (Phi) is 5.62. The van der Waals surface area contributed by atoms with E-state index in [1.54, 1.807) is 20.9 Å². The van der Waals surface area contributed by atoms with Crippen molar-refractivity contribution in [2.24, 2.45) is 5.92 Å². The quantitative estimate of drug-likeness (QED) is 0.760. The van der Waals surface area contributed by atoms with Gasteiger partial charge in [-0.25, -0.2) is 0 Å². The molecule has 4 nitrogen and oxygen atoms in total. The summed E-state index contributed by atoms with van der Waals surface area (Å²) in [6.45, 7) is 3.37. The highest BCUT2D eigenvalue weighted by atomic mass is 16.2. The van der Waals surface area contributed by atoms with Crippen molar-refractivity contribution in [2.75, 3.05) is 7.05 Å². The summed E-state index contributed by atoms with van der Waals surface area (Å²) < 4.78 is 0. The maximum atomic E-state index is 11.8. The SMILES string of the molecule is CN[C@@H](C)C(=O)N[C@H](C(C)=O)C1CCCCC1. The Bertz CT molecular complexity index is 273. The number of likely N-dealkylation sites (N-methyl/N-ethyl adjacent to an activating group) is 1. The van der Waals surface area contributed by atoms with Crippen molar-refractivity contribution < 1.29 is 9.59 Å². The van der Waals surface area contributed by atoms with Gasteiger partial charge in [0.05, 0.1) is 12.1 Å². The number of rotatable bonds is 5. The molecule has 1 rings (SSSR count). The highest BCUT2D eigenvalue weighted by Gasteiger charge is 2.29. The molecule has 0 aromatic carbocycles. The highest BCUT2D eigenvalue weighted by Crippen LogP contribution is 2.26. The zero-order chi connectivity index (χ0) is 12.8. The molecule has 1 fully saturated rings. The number of nitrogens with one attached hydrogen (secondary N) is 2. The standard InChI is InChI=1S/C13H24N2O2/c1-9(14-3)13(17)15-12(10(2)16)11-7-5-4-6-8-11/h9,11-12,14H,4-8H2,1-3H3,(H,15,17)/t9-,12+/m0/s1. The van der Waals surface area contributed by atoms with Gasteiger partial charge in [-0.3, -0.25) is 9.59 Å². The van der Waals surface area contributed by atoms with Gasteiger partial charge in [-0.2, -0.15) is 0 Å². The van der Waals surface area contributed by atoms with Crippen LogP contribution in [0, 0.1) is 5.92 Å². The van der Waals surface area contributed by atoms with Crippen molar-refractivity contribution in [3.05, 3.63) is 0 Å². The fraction of sp³-hybridized carbons (Fsp3) is 0.846. The van der Waals surface area contributed by atoms with Gasteiger partial charge >= 0.3 is 0 Å². The van der Waals surface area contributed by atoms with Gasteiger partial charge in [0.15, 0.2) is 5.78 Å². The molecule has 0 bridgehead atoms. The second-order valence-electron chi connectivity index (χ2n) is 5.01. The Balaban J connectivity index is 2.59. The van der Waals surface area contributed by atoms with Crippen LogP contribution in [0.5, 0.6) is 0 Å². The first-order valence-electron chi connectivity index (χ1n) is 6.54. The molecule has 98 valence electrons. The van der Waals surface area contributed by atoms with E-state index in [1.165, 1.54) is 19.3 Å². The van der Waals surface area contributed by atoms with Crippen LogP contribution in [0.25, 0.3) is 0 Å². The van der Waals surface area contributed by atoms with Crippen LogP contribution in [0.2, 0.25) is 0 Å². The second-order valence-corrected chi connectivity index (χ2v) is 5.01. The largest absolute Gasteiger partial charge is 0.345 e. The summed E-state index contributed by atoms with van der Waals surface area (Å²) in [4.78, 5) is 23.5. The second kappa shape index (κ2) is 6.74. The molecule has 1 amide bonds. The van der Waals surface area contributed by atoms with Gasteiger partial charge in [0.2, 0.25) is 5.91 Å². The monoisotopic (exact) mass is 240 g/mol. The predicted octanol–water partition coefficient (Wildman–Crippen LogP) is 1.25. The summed E-state index contributed by atoms with van der Waals surface area (Å²) in [6, 6.07) is -0.543. The molecule has 0 aromatic rings. The molecule has 1 aliphatic rings. The zero-order valence-corrected chi connectivity index (χ0v) is 11.1. The van der Waals surface area contributed by atoms with E-state index in [0.29, 0.717) is 5.92 Å². The smallest absolute Gasteiger partial charge is 0.237 e. The van der Waals surface area contributed by atoms with Crippen LogP contribution in [0.1, 0.15) is 46.0 Å². The van der Waals surface area contributed by atoms with E-state index in [9.17, 15) is 9.59 Å². The van der Waals surface area contributed by atoms with Crippen molar-refractivity contribution >= 4 is 11.7 Å². The van der Waals surface area contributed by atoms with Gasteiger partial charge in [0.25, 0.3) is 0 Å². The van der Waals surface area contributed by atoms with Crippen LogP contribution < -0.4 is 10.6 Å². The first-order chi connectivity index (χ1) is 8.06. The van der Waals surface area contributed by atoms with Gasteiger partial charge in [-0.1, -0.05) is 19.3 Å². The summed E-state index contributed by atoms with van der Waals surface area (Å²) in [6.07, 6.45) is 5.71. The molecule has 4 heteroatoms. The summed E-state index contributed by atoms with van der Waals surface area (Å²) in [5.41, 5.74) is 0. The van der Waals surface area contributed by atoms with E-state index in [2.05, 4.69) is 10.6 Å². The fourth-order valence-electron chi connectivity index (χ4n) is 2.43. The number of carbonyl (C=O) groups is 2. The van der Waals surface area contributed by atoms with Gasteiger partial charge in [0.1, 0.15) is 0 Å². The first-order valence-corrected chi connectivity index (χ1v) is 6.54. The molecule has 0 aliphatic heterocycles. The van der Waals surface area contributed by atoms with Gasteiger partial charge in [-0.05, 0) is 39.7 Å². The molecule has 0 radical (unpaired) electrons. The number of carbonyl (C=O) groups excluding carboxylic acids is 2. The third-order valence-electron chi connectivity index (χ3n) is 3.68. The van der Waals surface area contributed by atoms with Gasteiger partial charge in [-0.15, -0.1) is 0 Å². The van der Waals surface area contributed by atoms with E-state index in [-0.39, 0.29) is 23.8 Å². The third kappa shape index (κ3) is 4.11. The minimum atomic E-state index is -0.293. The normalized spacial score (nSPS) is 20.6. The predicted molar refractivity (Wildman–Crippen MR) is 67.7 cm³/mol. The minimum absolute atomic E-state index is 0.0774. The molecule has 17 heavy (non-hydrogen) atoms. The lowest BCUT2D eigenvalue weighted by Crippen LogP contribution is -2.51. The Morgan fingerprint density at radius 2 is 1.76 bits per heavy atom. The number of Topliss-reactive ketones (excluding diaryl/α,β-unsaturated/α-hetero) is 1. The Morgan fingerprint density at radius 3 is 2.24 bits per heavy atom. The summed E-state index contributed by atoms with van der Waals surface area (Å²) >= 11 is 0. The molecular formula is C13H24N2O2. The van der Waals surface area contributed by atoms with E-state index >= 15 is 0 Å². The molecule has 0 spiro atoms. The van der Waals surface area contributed by atoms with Crippen molar-refractivity contribution in [1.82, 2.24) is 10.6 Å². The topological polar surface area (TPSA) is 58.2 Å². The molecule has 1 saturated carbocycles. The molecule has 2 atom stereocenters. The van der Waals surface area contributed by atoms with Gasteiger partial charge in [0, 0.05) is 0 Å². The lowest BCUT2D eigenvalue weighted by atomic mass is 9.82. The van der Waals surface area contributed by atoms with E-state index in [0.717, 1.165) is 12.8 Å². The minimum Gasteiger partial charge on any atom is -0.345 e. The van der Waals surface area contributed by atoms with E-state index in [1.807, 2.05) is 0 Å². The van der Waals surface area contributed by atoms with Crippen LogP contribution in [0.3, 0.4) is 0 Å². The molecule has 1 aliphatic carbocycles. The maximum absolute atomic E-state index is 11.8. The van der Waals surface area contributed by atoms with Crippen LogP contribution in [0.4, 0.5) is 0 Å². The van der Waals surface area contributed by atoms with Crippen molar-refractivity contribution in [2.45, 2.75) is 58.0 Å². The molecule has 0 aromatic heterocycles. The first kappa shape index (κ1) is 14.2. The van der Waals surface area contributed by atoms with Gasteiger partial charge < -0.3 is 10.6 Å². The molecule has 2 N–H and O–H groups in total. The van der Waals surface area contributed by atoms with Crippen LogP contribution in [-0.4, -0.2) is 30.8 Å². The molecule has 0 unspecified atom stereocenters. The van der Waals surface area contributed by atoms with Crippen molar-refractivity contribution in [3.63, 3.8) is 0 Å². The van der Waals surface area contributed by atoms with Crippen LogP contribution >= 0.6 is 0 Å². The highest BCUT2D eigenvalue weighted by molar-refractivity contribution is 5.89. The van der Waals surface area contributed by atoms with E-state index < -0.39 is 0 Å². The summed E-state index contributed by atoms with van der Waals surface area (Å²) in [5.74, 6) is 0.320. The number of hydrogen-bond donors (Lipinski definition) is 2. The molecular weight excluding hydrogens is 216 g/mol. The van der Waals surface area contributed by atoms with Crippen LogP contribution in [-0.2, 0) is 9.59 Å². The van der Waals surface area contributed by atoms with Crippen molar-refractivity contribution in [1.29, 1.82) is 0 Å². The number of hydrogen-bond acceptors (Lipinski definition) is 3. The summed E-state index contributed by atoms with van der Waals surface area (Å²) in [5, 5.41) is 5.77. The lowest BCUT2D eigenvalue weighted by molar-refractivity contribution is -0.129. The summed E-state index contributed by atoms with van der Waals surface area (Å²) in [7, 11) is 1.74. The lowest BCUT2D eigenvalue weighted by Gasteiger charge is -2.30. The Labute approximate surface area is 104 Å². The average molecular weight is 240 g/mol. The molecule has 0 saturated heterocycles. The van der Waals surface area contributed by atoms with Crippen LogP contribution in [0.15, 0.2) is 0 Å². The maximum Gasteiger partial charge on any atom is 0.237 e. The molecule has 0 heterocycles. The van der Waals surface area contributed by atoms with Crippen molar-refractivity contribution in [3.8, 4) is 0 Å². The number of ketones is 1. The fourth-order valence-corrected chi connectivity index (χ4v) is 2.43. The zero-order valence-electron chi connectivity index (χ0n) is 11.1. The number of amides is 1. The average Bonchev–Trinajstić information content (AvgIpc) is 2.35. The Hall–Kier alpha value is -0.900.